The summed E-state index contributed by atoms with van der Waals surface area (Å²) in [4.78, 5) is 13.1. The summed E-state index contributed by atoms with van der Waals surface area (Å²) in [6.07, 6.45) is 0.685. The molecule has 0 fully saturated rings. The van der Waals surface area contributed by atoms with Crippen molar-refractivity contribution >= 4 is 5.91 Å². The van der Waals surface area contributed by atoms with Crippen LogP contribution in [0.5, 0.6) is 0 Å². The maximum atomic E-state index is 13.1. The minimum absolute atomic E-state index is 0.278. The molecule has 3 heteroatoms. The van der Waals surface area contributed by atoms with Gasteiger partial charge in [-0.05, 0) is 52.7 Å². The van der Waals surface area contributed by atoms with Crippen LogP contribution in [0.1, 0.15) is 59.1 Å². The first-order valence-corrected chi connectivity index (χ1v) is 10.5. The van der Waals surface area contributed by atoms with Gasteiger partial charge in [-0.3, -0.25) is 4.79 Å². The van der Waals surface area contributed by atoms with Gasteiger partial charge in [0.05, 0.1) is 24.7 Å². The molecular formula is C25H37N2O+. The first kappa shape index (κ1) is 22.2. The van der Waals surface area contributed by atoms with Gasteiger partial charge in [0.2, 0.25) is 5.91 Å². The van der Waals surface area contributed by atoms with E-state index < -0.39 is 5.41 Å². The van der Waals surface area contributed by atoms with Crippen molar-refractivity contribution < 1.29 is 9.28 Å². The van der Waals surface area contributed by atoms with Gasteiger partial charge < -0.3 is 10.2 Å². The molecule has 28 heavy (non-hydrogen) atoms. The molecule has 2 N–H and O–H groups in total. The Morgan fingerprint density at radius 3 is 1.43 bits per heavy atom. The molecule has 0 aromatic heterocycles. The molecule has 0 radical (unpaired) electrons. The zero-order chi connectivity index (χ0) is 20.9. The normalized spacial score (nSPS) is 12.8. The summed E-state index contributed by atoms with van der Waals surface area (Å²) >= 11 is 0. The van der Waals surface area contributed by atoms with Crippen molar-refractivity contribution in [2.45, 2.75) is 71.5 Å². The van der Waals surface area contributed by atoms with E-state index in [0.29, 0.717) is 24.5 Å². The molecule has 152 valence electrons. The van der Waals surface area contributed by atoms with Crippen LogP contribution in [0.3, 0.4) is 0 Å². The van der Waals surface area contributed by atoms with Crippen LogP contribution in [0.15, 0.2) is 60.7 Å². The average molecular weight is 382 g/mol. The summed E-state index contributed by atoms with van der Waals surface area (Å²) in [5, 5.41) is 0. The number of hydrogen-bond donors (Lipinski definition) is 1. The molecule has 0 heterocycles. The number of benzene rings is 2. The number of carbonyl (C=O) groups is 1. The van der Waals surface area contributed by atoms with Gasteiger partial charge in [-0.15, -0.1) is 0 Å². The molecule has 0 saturated carbocycles. The molecule has 2 rings (SSSR count). The first-order chi connectivity index (χ1) is 13.2. The van der Waals surface area contributed by atoms with E-state index in [4.69, 9.17) is 5.73 Å². The maximum Gasteiger partial charge on any atom is 0.232 e. The highest BCUT2D eigenvalue weighted by Gasteiger charge is 2.45. The minimum Gasteiger partial charge on any atom is -0.369 e. The van der Waals surface area contributed by atoms with E-state index in [-0.39, 0.29) is 5.91 Å². The standard InChI is InChI=1S/C25H36N2O/c1-19(2)27(20(3)4,21(5)6)18-17-25(24(26)28,22-13-9-7-10-14-22)23-15-11-8-12-16-23/h7-16,19-21H,17-18H2,1-6H3,(H-,26,28)/p+1. The van der Waals surface area contributed by atoms with Gasteiger partial charge in [0.1, 0.15) is 5.41 Å². The molecule has 2 aromatic carbocycles. The van der Waals surface area contributed by atoms with Gasteiger partial charge in [-0.2, -0.15) is 0 Å². The quantitative estimate of drug-likeness (QED) is 0.618. The smallest absolute Gasteiger partial charge is 0.232 e. The summed E-state index contributed by atoms with van der Waals surface area (Å²) in [5.41, 5.74) is 7.27. The van der Waals surface area contributed by atoms with Crippen molar-refractivity contribution in [1.82, 2.24) is 0 Å². The molecule has 0 spiro atoms. The Balaban J connectivity index is 2.62. The van der Waals surface area contributed by atoms with Crippen LogP contribution in [-0.2, 0) is 10.2 Å². The van der Waals surface area contributed by atoms with Crippen LogP contribution in [0, 0.1) is 0 Å². The Bertz CT molecular complexity index is 689. The molecule has 1 amide bonds. The second-order valence-corrected chi connectivity index (χ2v) is 8.75. The predicted octanol–water partition coefficient (Wildman–Crippen LogP) is 4.89. The van der Waals surface area contributed by atoms with Gasteiger partial charge in [-0.1, -0.05) is 60.7 Å². The largest absolute Gasteiger partial charge is 0.369 e. The van der Waals surface area contributed by atoms with Gasteiger partial charge in [0, 0.05) is 6.42 Å². The highest BCUT2D eigenvalue weighted by atomic mass is 16.1. The van der Waals surface area contributed by atoms with Gasteiger partial charge in [0.25, 0.3) is 0 Å². The zero-order valence-corrected chi connectivity index (χ0v) is 18.4. The van der Waals surface area contributed by atoms with Crippen molar-refractivity contribution in [1.29, 1.82) is 0 Å². The third kappa shape index (κ3) is 3.86. The summed E-state index contributed by atoms with van der Waals surface area (Å²) in [6, 6.07) is 21.4. The lowest BCUT2D eigenvalue weighted by Gasteiger charge is -2.51. The van der Waals surface area contributed by atoms with Crippen molar-refractivity contribution in [2.75, 3.05) is 6.54 Å². The summed E-state index contributed by atoms with van der Waals surface area (Å²) in [6.45, 7) is 14.6. The second kappa shape index (κ2) is 8.91. The number of nitrogens with two attached hydrogens (primary N) is 1. The van der Waals surface area contributed by atoms with Crippen LogP contribution in [0.25, 0.3) is 0 Å². The Labute approximate surface area is 171 Å². The lowest BCUT2D eigenvalue weighted by atomic mass is 9.71. The molecular weight excluding hydrogens is 344 g/mol. The lowest BCUT2D eigenvalue weighted by molar-refractivity contribution is -0.985. The Hall–Kier alpha value is -2.13. The summed E-state index contributed by atoms with van der Waals surface area (Å²) in [5.74, 6) is -0.278. The van der Waals surface area contributed by atoms with Crippen LogP contribution < -0.4 is 5.73 Å². The van der Waals surface area contributed by atoms with E-state index in [2.05, 4.69) is 41.5 Å². The van der Waals surface area contributed by atoms with Crippen LogP contribution >= 0.6 is 0 Å². The molecule has 0 aliphatic rings. The minimum atomic E-state index is -0.829. The molecule has 0 bridgehead atoms. The van der Waals surface area contributed by atoms with E-state index in [1.807, 2.05) is 60.7 Å². The second-order valence-electron chi connectivity index (χ2n) is 8.75. The van der Waals surface area contributed by atoms with E-state index in [1.165, 1.54) is 0 Å². The van der Waals surface area contributed by atoms with Crippen molar-refractivity contribution in [3.05, 3.63) is 71.8 Å². The number of quaternary nitrogens is 1. The molecule has 0 atom stereocenters. The highest BCUT2D eigenvalue weighted by Crippen LogP contribution is 2.38. The van der Waals surface area contributed by atoms with Crippen LogP contribution in [-0.4, -0.2) is 35.1 Å². The summed E-state index contributed by atoms with van der Waals surface area (Å²) in [7, 11) is 0. The van der Waals surface area contributed by atoms with E-state index in [1.54, 1.807) is 0 Å². The molecule has 2 aromatic rings. The number of amides is 1. The van der Waals surface area contributed by atoms with Crippen molar-refractivity contribution in [2.24, 2.45) is 5.73 Å². The van der Waals surface area contributed by atoms with Gasteiger partial charge >= 0.3 is 0 Å². The molecule has 0 aliphatic heterocycles. The molecule has 0 saturated heterocycles. The number of nitrogens with zero attached hydrogens (tertiary/aromatic N) is 1. The van der Waals surface area contributed by atoms with E-state index in [9.17, 15) is 4.79 Å². The monoisotopic (exact) mass is 381 g/mol. The number of rotatable bonds is 9. The van der Waals surface area contributed by atoms with Crippen molar-refractivity contribution in [3.63, 3.8) is 0 Å². The number of primary amides is 1. The third-order valence-corrected chi connectivity index (χ3v) is 6.71. The Morgan fingerprint density at radius 2 is 1.14 bits per heavy atom. The third-order valence-electron chi connectivity index (χ3n) is 6.71. The number of carbonyl (C=O) groups excluding carboxylic acids is 1. The molecule has 0 unspecified atom stereocenters. The van der Waals surface area contributed by atoms with E-state index in [0.717, 1.165) is 22.2 Å². The predicted molar refractivity (Wildman–Crippen MR) is 118 cm³/mol. The Kier molecular flexibility index (Phi) is 7.06. The lowest BCUT2D eigenvalue weighted by Crippen LogP contribution is -2.63. The van der Waals surface area contributed by atoms with Gasteiger partial charge in [-0.25, -0.2) is 0 Å². The number of hydrogen-bond acceptors (Lipinski definition) is 1. The maximum absolute atomic E-state index is 13.1. The fraction of sp³-hybridized carbons (Fsp3) is 0.480. The summed E-state index contributed by atoms with van der Waals surface area (Å²) < 4.78 is 0.953. The SMILES string of the molecule is CC(C)[N+](CCC(C(N)=O)(c1ccccc1)c1ccccc1)(C(C)C)C(C)C. The van der Waals surface area contributed by atoms with E-state index >= 15 is 0 Å². The first-order valence-electron chi connectivity index (χ1n) is 10.5. The fourth-order valence-corrected chi connectivity index (χ4v) is 5.23. The zero-order valence-electron chi connectivity index (χ0n) is 18.4. The van der Waals surface area contributed by atoms with Crippen molar-refractivity contribution in [3.8, 4) is 0 Å². The molecule has 3 nitrogen and oxygen atoms in total. The fourth-order valence-electron chi connectivity index (χ4n) is 5.23. The average Bonchev–Trinajstić information content (AvgIpc) is 2.65. The van der Waals surface area contributed by atoms with Crippen LogP contribution in [0.4, 0.5) is 0 Å². The van der Waals surface area contributed by atoms with Crippen LogP contribution in [0.2, 0.25) is 0 Å². The highest BCUT2D eigenvalue weighted by molar-refractivity contribution is 5.90. The molecule has 0 aliphatic carbocycles. The Morgan fingerprint density at radius 1 is 0.786 bits per heavy atom. The van der Waals surface area contributed by atoms with Gasteiger partial charge in [0.15, 0.2) is 0 Å². The topological polar surface area (TPSA) is 43.1 Å².